The Morgan fingerprint density at radius 1 is 1.15 bits per heavy atom. The molecule has 0 spiro atoms. The summed E-state index contributed by atoms with van der Waals surface area (Å²) in [6, 6.07) is 4.84. The predicted octanol–water partition coefficient (Wildman–Crippen LogP) is 1.97. The summed E-state index contributed by atoms with van der Waals surface area (Å²) in [5.74, 6) is -0.982. The molecule has 6 heteroatoms. The van der Waals surface area contributed by atoms with Gasteiger partial charge in [-0.2, -0.15) is 4.31 Å². The van der Waals surface area contributed by atoms with Gasteiger partial charge < -0.3 is 5.11 Å². The average molecular weight is 295 g/mol. The van der Waals surface area contributed by atoms with Crippen molar-refractivity contribution < 1.29 is 18.3 Å². The van der Waals surface area contributed by atoms with Crippen molar-refractivity contribution in [2.75, 3.05) is 0 Å². The number of nitrogens with zero attached hydrogens (tertiary/aromatic N) is 1. The summed E-state index contributed by atoms with van der Waals surface area (Å²) in [6.07, 6.45) is 3.45. The molecule has 108 valence electrons. The molecule has 1 saturated carbocycles. The van der Waals surface area contributed by atoms with Gasteiger partial charge in [-0.05, 0) is 36.1 Å². The Morgan fingerprint density at radius 2 is 1.80 bits per heavy atom. The van der Waals surface area contributed by atoms with E-state index in [4.69, 9.17) is 5.11 Å². The smallest absolute Gasteiger partial charge is 0.335 e. The predicted molar refractivity (Wildman–Crippen MR) is 73.8 cm³/mol. The molecule has 1 aromatic carbocycles. The lowest BCUT2D eigenvalue weighted by Crippen LogP contribution is -2.33. The molecule has 1 aromatic rings. The quantitative estimate of drug-likeness (QED) is 0.925. The molecule has 1 aliphatic carbocycles. The Morgan fingerprint density at radius 3 is 2.45 bits per heavy atom. The van der Waals surface area contributed by atoms with E-state index >= 15 is 0 Å². The zero-order valence-electron chi connectivity index (χ0n) is 11.1. The van der Waals surface area contributed by atoms with Gasteiger partial charge in [-0.25, -0.2) is 13.2 Å². The molecule has 2 aliphatic rings. The van der Waals surface area contributed by atoms with E-state index in [9.17, 15) is 13.2 Å². The fourth-order valence-corrected chi connectivity index (χ4v) is 5.06. The number of hydrogen-bond donors (Lipinski definition) is 1. The summed E-state index contributed by atoms with van der Waals surface area (Å²) in [5.41, 5.74) is 1.94. The van der Waals surface area contributed by atoms with Gasteiger partial charge in [-0.1, -0.05) is 18.9 Å². The second-order valence-electron chi connectivity index (χ2n) is 5.51. The molecule has 20 heavy (non-hydrogen) atoms. The standard InChI is InChI=1S/C14H17NO4S/c16-14(17)10-5-6-11-8-15(9-12(11)7-10)20(18,19)13-3-1-2-4-13/h5-7,13H,1-4,8-9H2,(H,16,17). The van der Waals surface area contributed by atoms with Crippen molar-refractivity contribution in [3.05, 3.63) is 34.9 Å². The van der Waals surface area contributed by atoms with Crippen molar-refractivity contribution in [3.8, 4) is 0 Å². The molecule has 0 radical (unpaired) electrons. The van der Waals surface area contributed by atoms with Crippen LogP contribution in [0.1, 0.15) is 47.2 Å². The Labute approximate surface area is 118 Å². The normalized spacial score (nSPS) is 20.2. The van der Waals surface area contributed by atoms with Crippen LogP contribution in [0.25, 0.3) is 0 Å². The summed E-state index contributed by atoms with van der Waals surface area (Å²) in [5, 5.41) is 8.73. The summed E-state index contributed by atoms with van der Waals surface area (Å²) in [4.78, 5) is 11.0. The first-order valence-corrected chi connectivity index (χ1v) is 8.33. The molecule has 1 fully saturated rings. The topological polar surface area (TPSA) is 74.7 Å². The SMILES string of the molecule is O=C(O)c1ccc2c(c1)CN(S(=O)(=O)C1CCCC1)C2. The molecule has 1 aliphatic heterocycles. The van der Waals surface area contributed by atoms with Crippen LogP contribution in [0, 0.1) is 0 Å². The third-order valence-electron chi connectivity index (χ3n) is 4.23. The third-order valence-corrected chi connectivity index (χ3v) is 6.52. The number of carboxylic acid groups (broad SMARTS) is 1. The maximum atomic E-state index is 12.5. The highest BCUT2D eigenvalue weighted by molar-refractivity contribution is 7.89. The molecule has 1 heterocycles. The molecule has 1 N–H and O–H groups in total. The monoisotopic (exact) mass is 295 g/mol. The fraction of sp³-hybridized carbons (Fsp3) is 0.500. The number of aromatic carboxylic acids is 1. The highest BCUT2D eigenvalue weighted by Gasteiger charge is 2.37. The van der Waals surface area contributed by atoms with E-state index in [2.05, 4.69) is 0 Å². The van der Waals surface area contributed by atoms with E-state index in [0.717, 1.165) is 36.8 Å². The minimum absolute atomic E-state index is 0.212. The molecule has 0 amide bonds. The van der Waals surface area contributed by atoms with Crippen molar-refractivity contribution in [1.82, 2.24) is 4.31 Å². The first-order valence-electron chi connectivity index (χ1n) is 6.82. The van der Waals surface area contributed by atoms with Crippen molar-refractivity contribution in [2.45, 2.75) is 44.0 Å². The molecule has 0 aromatic heterocycles. The first kappa shape index (κ1) is 13.6. The lowest BCUT2D eigenvalue weighted by atomic mass is 10.1. The molecule has 0 bridgehead atoms. The van der Waals surface area contributed by atoms with Gasteiger partial charge in [0, 0.05) is 13.1 Å². The van der Waals surface area contributed by atoms with Crippen LogP contribution in [0.2, 0.25) is 0 Å². The van der Waals surface area contributed by atoms with Gasteiger partial charge in [0.1, 0.15) is 0 Å². The minimum atomic E-state index is -3.25. The number of rotatable bonds is 3. The third kappa shape index (κ3) is 2.23. The van der Waals surface area contributed by atoms with Gasteiger partial charge >= 0.3 is 5.97 Å². The van der Waals surface area contributed by atoms with Gasteiger partial charge in [-0.15, -0.1) is 0 Å². The number of benzene rings is 1. The van der Waals surface area contributed by atoms with Gasteiger partial charge in [0.2, 0.25) is 10.0 Å². The van der Waals surface area contributed by atoms with Crippen molar-refractivity contribution in [3.63, 3.8) is 0 Å². The molecule has 0 saturated heterocycles. The zero-order valence-corrected chi connectivity index (χ0v) is 11.9. The molecule has 0 atom stereocenters. The number of fused-ring (bicyclic) bond motifs is 1. The zero-order chi connectivity index (χ0) is 14.3. The highest BCUT2D eigenvalue weighted by atomic mass is 32.2. The van der Waals surface area contributed by atoms with Gasteiger partial charge in [0.15, 0.2) is 0 Å². The van der Waals surface area contributed by atoms with Crippen LogP contribution in [0.3, 0.4) is 0 Å². The summed E-state index contributed by atoms with van der Waals surface area (Å²) in [7, 11) is -3.25. The Kier molecular flexibility index (Phi) is 3.30. The summed E-state index contributed by atoms with van der Waals surface area (Å²) in [6.45, 7) is 0.670. The van der Waals surface area contributed by atoms with E-state index in [1.165, 1.54) is 10.4 Å². The summed E-state index contributed by atoms with van der Waals surface area (Å²) >= 11 is 0. The van der Waals surface area contributed by atoms with Crippen LogP contribution >= 0.6 is 0 Å². The lowest BCUT2D eigenvalue weighted by Gasteiger charge is -2.20. The van der Waals surface area contributed by atoms with Crippen molar-refractivity contribution >= 4 is 16.0 Å². The maximum absolute atomic E-state index is 12.5. The second-order valence-corrected chi connectivity index (χ2v) is 7.72. The van der Waals surface area contributed by atoms with Crippen LogP contribution in [-0.2, 0) is 23.1 Å². The molecular formula is C14H17NO4S. The van der Waals surface area contributed by atoms with Gasteiger partial charge in [-0.3, -0.25) is 0 Å². The van der Waals surface area contributed by atoms with E-state index in [1.54, 1.807) is 12.1 Å². The van der Waals surface area contributed by atoms with E-state index in [-0.39, 0.29) is 10.8 Å². The largest absolute Gasteiger partial charge is 0.478 e. The maximum Gasteiger partial charge on any atom is 0.335 e. The fourth-order valence-electron chi connectivity index (χ4n) is 3.07. The van der Waals surface area contributed by atoms with Crippen molar-refractivity contribution in [1.29, 1.82) is 0 Å². The molecular weight excluding hydrogens is 278 g/mol. The van der Waals surface area contributed by atoms with Crippen LogP contribution < -0.4 is 0 Å². The van der Waals surface area contributed by atoms with Crippen molar-refractivity contribution in [2.24, 2.45) is 0 Å². The number of hydrogen-bond acceptors (Lipinski definition) is 3. The van der Waals surface area contributed by atoms with Gasteiger partial charge in [0.25, 0.3) is 0 Å². The number of carbonyl (C=O) groups is 1. The Hall–Kier alpha value is -1.40. The van der Waals surface area contributed by atoms with Crippen LogP contribution in [0.15, 0.2) is 18.2 Å². The number of sulfonamides is 1. The average Bonchev–Trinajstić information content (AvgIpc) is 3.07. The molecule has 5 nitrogen and oxygen atoms in total. The van der Waals surface area contributed by atoms with E-state index < -0.39 is 16.0 Å². The van der Waals surface area contributed by atoms with Crippen LogP contribution in [0.4, 0.5) is 0 Å². The van der Waals surface area contributed by atoms with Crippen LogP contribution in [0.5, 0.6) is 0 Å². The molecule has 0 unspecified atom stereocenters. The van der Waals surface area contributed by atoms with E-state index in [0.29, 0.717) is 13.1 Å². The number of carboxylic acids is 1. The second kappa shape index (κ2) is 4.86. The lowest BCUT2D eigenvalue weighted by molar-refractivity contribution is 0.0696. The minimum Gasteiger partial charge on any atom is -0.478 e. The van der Waals surface area contributed by atoms with Crippen LogP contribution in [-0.4, -0.2) is 29.0 Å². The summed E-state index contributed by atoms with van der Waals surface area (Å²) < 4.78 is 26.6. The Bertz CT molecular complexity index is 647. The molecule has 3 rings (SSSR count). The highest BCUT2D eigenvalue weighted by Crippen LogP contribution is 2.32. The Balaban J connectivity index is 1.85. The van der Waals surface area contributed by atoms with Gasteiger partial charge in [0.05, 0.1) is 10.8 Å². The van der Waals surface area contributed by atoms with E-state index in [1.807, 2.05) is 0 Å². The first-order chi connectivity index (χ1) is 9.48.